The molecule has 0 unspecified atom stereocenters. The van der Waals surface area contributed by atoms with Crippen LogP contribution in [-0.4, -0.2) is 20.9 Å². The summed E-state index contributed by atoms with van der Waals surface area (Å²) in [6.45, 7) is 2.04. The van der Waals surface area contributed by atoms with E-state index in [1.165, 1.54) is 23.2 Å². The molecule has 2 heterocycles. The van der Waals surface area contributed by atoms with Gasteiger partial charge in [-0.2, -0.15) is 0 Å². The quantitative estimate of drug-likeness (QED) is 0.598. The summed E-state index contributed by atoms with van der Waals surface area (Å²) in [6.07, 6.45) is 1.51. The van der Waals surface area contributed by atoms with Gasteiger partial charge in [0.2, 0.25) is 0 Å². The van der Waals surface area contributed by atoms with E-state index in [9.17, 15) is 4.79 Å². The number of amides is 1. The maximum atomic E-state index is 11.4. The van der Waals surface area contributed by atoms with Gasteiger partial charge in [0.1, 0.15) is 12.1 Å². The average molecular weight is 335 g/mol. The Morgan fingerprint density at radius 1 is 1.08 bits per heavy atom. The molecule has 2 aromatic carbocycles. The van der Waals surface area contributed by atoms with E-state index in [4.69, 9.17) is 5.73 Å². The molecule has 0 aliphatic heterocycles. The first kappa shape index (κ1) is 14.5. The van der Waals surface area contributed by atoms with Crippen LogP contribution in [0.4, 0.5) is 11.5 Å². The molecular weight excluding hydrogens is 322 g/mol. The molecule has 0 saturated heterocycles. The monoisotopic (exact) mass is 335 g/mol. The summed E-state index contributed by atoms with van der Waals surface area (Å²) >= 11 is 1.26. The lowest BCUT2D eigenvalue weighted by atomic mass is 10.2. The number of benzene rings is 2. The molecule has 4 rings (SSSR count). The lowest BCUT2D eigenvalue weighted by Gasteiger charge is -2.09. The summed E-state index contributed by atoms with van der Waals surface area (Å²) in [4.78, 5) is 24.4. The fourth-order valence-electron chi connectivity index (χ4n) is 2.51. The molecule has 7 heteroatoms. The lowest BCUT2D eigenvalue weighted by Crippen LogP contribution is -2.09. The predicted octanol–water partition coefficient (Wildman–Crippen LogP) is 3.39. The smallest absolute Gasteiger partial charge is 0.277 e. The number of thiazole rings is 1. The third kappa shape index (κ3) is 2.44. The summed E-state index contributed by atoms with van der Waals surface area (Å²) in [6, 6.07) is 11.7. The second-order valence-electron chi connectivity index (χ2n) is 5.40. The fraction of sp³-hybridized carbons (Fsp3) is 0.0588. The molecule has 0 saturated carbocycles. The molecule has 0 radical (unpaired) electrons. The van der Waals surface area contributed by atoms with Crippen LogP contribution in [0.1, 0.15) is 15.4 Å². The van der Waals surface area contributed by atoms with E-state index in [1.807, 2.05) is 43.3 Å². The Kier molecular flexibility index (Phi) is 3.35. The van der Waals surface area contributed by atoms with E-state index in [0.717, 1.165) is 21.3 Å². The van der Waals surface area contributed by atoms with Crippen molar-refractivity contribution in [2.45, 2.75) is 6.92 Å². The number of rotatable bonds is 3. The number of nitrogens with one attached hydrogen (secondary N) is 1. The average Bonchev–Trinajstić information content (AvgIpc) is 3.02. The Balaban J connectivity index is 1.92. The van der Waals surface area contributed by atoms with Crippen molar-refractivity contribution in [2.75, 3.05) is 5.32 Å². The molecule has 6 nitrogen and oxygen atoms in total. The maximum absolute atomic E-state index is 11.4. The molecule has 0 atom stereocenters. The highest BCUT2D eigenvalue weighted by molar-refractivity contribution is 7.21. The number of nitrogens with zero attached hydrogens (tertiary/aromatic N) is 3. The second-order valence-corrected chi connectivity index (χ2v) is 6.40. The van der Waals surface area contributed by atoms with Crippen LogP contribution in [0, 0.1) is 6.92 Å². The van der Waals surface area contributed by atoms with Gasteiger partial charge < -0.3 is 11.1 Å². The number of fused-ring (bicyclic) bond motifs is 3. The largest absolute Gasteiger partial charge is 0.364 e. The van der Waals surface area contributed by atoms with Gasteiger partial charge >= 0.3 is 0 Å². The van der Waals surface area contributed by atoms with E-state index in [2.05, 4.69) is 20.3 Å². The predicted molar refractivity (Wildman–Crippen MR) is 95.7 cm³/mol. The van der Waals surface area contributed by atoms with Crippen molar-refractivity contribution in [2.24, 2.45) is 5.73 Å². The number of aromatic nitrogens is 3. The minimum absolute atomic E-state index is 0.280. The first-order chi connectivity index (χ1) is 11.6. The highest BCUT2D eigenvalue weighted by Crippen LogP contribution is 2.34. The van der Waals surface area contributed by atoms with Gasteiger partial charge in [-0.3, -0.25) is 4.79 Å². The van der Waals surface area contributed by atoms with Crippen LogP contribution in [0.25, 0.3) is 21.1 Å². The van der Waals surface area contributed by atoms with Crippen molar-refractivity contribution in [3.63, 3.8) is 0 Å². The van der Waals surface area contributed by atoms with Crippen LogP contribution in [0.5, 0.6) is 0 Å². The molecule has 118 valence electrons. The van der Waals surface area contributed by atoms with Crippen molar-refractivity contribution >= 4 is 49.9 Å². The van der Waals surface area contributed by atoms with Gasteiger partial charge in [-0.25, -0.2) is 15.0 Å². The Labute approximate surface area is 141 Å². The molecule has 4 aromatic rings. The summed E-state index contributed by atoms with van der Waals surface area (Å²) in [5.74, 6) is 0.142. The summed E-state index contributed by atoms with van der Waals surface area (Å²) in [7, 11) is 0. The van der Waals surface area contributed by atoms with Crippen molar-refractivity contribution in [3.05, 3.63) is 53.3 Å². The van der Waals surface area contributed by atoms with Gasteiger partial charge in [-0.05, 0) is 31.2 Å². The third-order valence-electron chi connectivity index (χ3n) is 3.68. The number of carbonyl (C=O) groups is 1. The van der Waals surface area contributed by atoms with E-state index in [-0.39, 0.29) is 5.01 Å². The van der Waals surface area contributed by atoms with Gasteiger partial charge in [0.15, 0.2) is 5.01 Å². The van der Waals surface area contributed by atoms with Crippen LogP contribution in [-0.2, 0) is 0 Å². The highest BCUT2D eigenvalue weighted by atomic mass is 32.1. The van der Waals surface area contributed by atoms with Crippen molar-refractivity contribution in [1.29, 1.82) is 0 Å². The van der Waals surface area contributed by atoms with Crippen molar-refractivity contribution in [3.8, 4) is 0 Å². The van der Waals surface area contributed by atoms with Gasteiger partial charge in [0, 0.05) is 5.69 Å². The molecule has 24 heavy (non-hydrogen) atoms. The number of primary amides is 1. The lowest BCUT2D eigenvalue weighted by molar-refractivity contribution is 0.1000. The molecular formula is C17H13N5OS. The van der Waals surface area contributed by atoms with Crippen LogP contribution < -0.4 is 11.1 Å². The zero-order valence-corrected chi connectivity index (χ0v) is 13.6. The molecule has 3 N–H and O–H groups in total. The van der Waals surface area contributed by atoms with Crippen molar-refractivity contribution < 1.29 is 4.79 Å². The summed E-state index contributed by atoms with van der Waals surface area (Å²) < 4.78 is 0.844. The van der Waals surface area contributed by atoms with Gasteiger partial charge in [0.05, 0.1) is 21.1 Å². The van der Waals surface area contributed by atoms with Crippen LogP contribution in [0.15, 0.2) is 42.7 Å². The molecule has 0 fully saturated rings. The number of nitrogens with two attached hydrogens (primary N) is 1. The molecule has 0 aliphatic rings. The Bertz CT molecular complexity index is 1070. The van der Waals surface area contributed by atoms with Gasteiger partial charge in [0.25, 0.3) is 5.91 Å². The number of hydrogen-bond donors (Lipinski definition) is 2. The normalized spacial score (nSPS) is 11.0. The molecule has 0 spiro atoms. The SMILES string of the molecule is Cc1ccc(Nc2ncnc3ccc4nc(C(N)=O)sc4c23)cc1. The van der Waals surface area contributed by atoms with E-state index < -0.39 is 5.91 Å². The zero-order valence-electron chi connectivity index (χ0n) is 12.8. The minimum atomic E-state index is -0.533. The highest BCUT2D eigenvalue weighted by Gasteiger charge is 2.15. The minimum Gasteiger partial charge on any atom is -0.364 e. The molecule has 0 bridgehead atoms. The number of carbonyl (C=O) groups excluding carboxylic acids is 1. The Morgan fingerprint density at radius 2 is 1.83 bits per heavy atom. The Morgan fingerprint density at radius 3 is 2.58 bits per heavy atom. The summed E-state index contributed by atoms with van der Waals surface area (Å²) in [5.41, 5.74) is 8.97. The third-order valence-corrected chi connectivity index (χ3v) is 4.78. The first-order valence-electron chi connectivity index (χ1n) is 7.29. The molecule has 0 aliphatic carbocycles. The topological polar surface area (TPSA) is 93.8 Å². The van der Waals surface area contributed by atoms with Gasteiger partial charge in [-0.1, -0.05) is 17.7 Å². The number of aryl methyl sites for hydroxylation is 1. The zero-order chi connectivity index (χ0) is 16.7. The Hall–Kier alpha value is -3.06. The van der Waals surface area contributed by atoms with E-state index >= 15 is 0 Å². The second kappa shape index (κ2) is 5.54. The summed E-state index contributed by atoms with van der Waals surface area (Å²) in [5, 5.41) is 4.43. The molecule has 1 amide bonds. The number of anilines is 2. The van der Waals surface area contributed by atoms with Crippen LogP contribution in [0.2, 0.25) is 0 Å². The van der Waals surface area contributed by atoms with E-state index in [1.54, 1.807) is 0 Å². The van der Waals surface area contributed by atoms with Crippen molar-refractivity contribution in [1.82, 2.24) is 15.0 Å². The molecule has 2 aromatic heterocycles. The van der Waals surface area contributed by atoms with Crippen LogP contribution in [0.3, 0.4) is 0 Å². The maximum Gasteiger partial charge on any atom is 0.277 e. The van der Waals surface area contributed by atoms with Gasteiger partial charge in [-0.15, -0.1) is 11.3 Å². The van der Waals surface area contributed by atoms with Crippen LogP contribution >= 0.6 is 11.3 Å². The first-order valence-corrected chi connectivity index (χ1v) is 8.11. The standard InChI is InChI=1S/C17H13N5OS/c1-9-2-4-10(5-3-9)21-16-13-11(19-8-20-16)6-7-12-14(13)24-17(22-12)15(18)23/h2-8H,1H3,(H2,18,23)(H,19,20,21). The van der Waals surface area contributed by atoms with E-state index in [0.29, 0.717) is 11.3 Å². The fourth-order valence-corrected chi connectivity index (χ4v) is 3.46. The number of hydrogen-bond acceptors (Lipinski definition) is 6.